The van der Waals surface area contributed by atoms with Crippen LogP contribution >= 0.6 is 0 Å². The number of nitro groups is 1. The topological polar surface area (TPSA) is 106 Å². The lowest BCUT2D eigenvalue weighted by Gasteiger charge is -2.26. The molecule has 0 radical (unpaired) electrons. The van der Waals surface area contributed by atoms with E-state index in [0.717, 1.165) is 17.3 Å². The molecule has 1 heterocycles. The Bertz CT molecular complexity index is 987. The molecule has 8 heteroatoms. The molecule has 0 bridgehead atoms. The molecule has 30 heavy (non-hydrogen) atoms. The van der Waals surface area contributed by atoms with Gasteiger partial charge in [0.1, 0.15) is 0 Å². The number of hydrogen-bond acceptors (Lipinski definition) is 4. The van der Waals surface area contributed by atoms with Crippen molar-refractivity contribution in [3.8, 4) is 0 Å². The van der Waals surface area contributed by atoms with Crippen LogP contribution in [-0.4, -0.2) is 21.3 Å². The lowest BCUT2D eigenvalue weighted by Crippen LogP contribution is -2.40. The van der Waals surface area contributed by atoms with Crippen molar-refractivity contribution in [3.05, 3.63) is 69.0 Å². The third-order valence-electron chi connectivity index (χ3n) is 5.50. The highest BCUT2D eigenvalue weighted by molar-refractivity contribution is 5.98. The molecule has 1 aliphatic carbocycles. The van der Waals surface area contributed by atoms with Crippen LogP contribution in [0.25, 0.3) is 6.08 Å². The highest BCUT2D eigenvalue weighted by atomic mass is 16.6. The van der Waals surface area contributed by atoms with Crippen LogP contribution in [-0.2, 0) is 4.79 Å². The Balaban J connectivity index is 1.60. The molecule has 0 saturated heterocycles. The molecule has 0 atom stereocenters. The van der Waals surface area contributed by atoms with Gasteiger partial charge in [0.25, 0.3) is 17.5 Å². The zero-order valence-electron chi connectivity index (χ0n) is 17.2. The Morgan fingerprint density at radius 1 is 1.13 bits per heavy atom. The minimum Gasteiger partial charge on any atom is -0.346 e. The summed E-state index contributed by atoms with van der Waals surface area (Å²) in [5, 5.41) is 10.8. The summed E-state index contributed by atoms with van der Waals surface area (Å²) in [5.41, 5.74) is 7.74. The summed E-state index contributed by atoms with van der Waals surface area (Å²) in [4.78, 5) is 34.4. The number of aryl methyl sites for hydroxylation is 1. The monoisotopic (exact) mass is 410 g/mol. The average molecular weight is 410 g/mol. The molecule has 1 aromatic heterocycles. The van der Waals surface area contributed by atoms with Gasteiger partial charge in [-0.2, -0.15) is 0 Å². The van der Waals surface area contributed by atoms with E-state index in [4.69, 9.17) is 0 Å². The quantitative estimate of drug-likeness (QED) is 0.441. The Kier molecular flexibility index (Phi) is 6.66. The van der Waals surface area contributed by atoms with Crippen molar-refractivity contribution in [2.75, 3.05) is 0 Å². The fraction of sp³-hybridized carbons (Fsp3) is 0.364. The lowest BCUT2D eigenvalue weighted by molar-refractivity contribution is -0.384. The Morgan fingerprint density at radius 3 is 2.57 bits per heavy atom. The van der Waals surface area contributed by atoms with Crippen LogP contribution in [0.4, 0.5) is 5.69 Å². The van der Waals surface area contributed by atoms with E-state index in [1.165, 1.54) is 62.1 Å². The van der Waals surface area contributed by atoms with Gasteiger partial charge in [-0.05, 0) is 50.5 Å². The first kappa shape index (κ1) is 21.3. The van der Waals surface area contributed by atoms with E-state index < -0.39 is 16.7 Å². The maximum Gasteiger partial charge on any atom is 0.270 e. The second kappa shape index (κ2) is 9.39. The number of carbonyl (C=O) groups excluding carboxylic acids is 2. The predicted molar refractivity (Wildman–Crippen MR) is 114 cm³/mol. The molecule has 0 spiro atoms. The first-order chi connectivity index (χ1) is 14.4. The third-order valence-corrected chi connectivity index (χ3v) is 5.50. The number of nitrogens with zero attached hydrogens (tertiary/aromatic N) is 2. The van der Waals surface area contributed by atoms with Gasteiger partial charge in [-0.25, -0.2) is 0 Å². The van der Waals surface area contributed by atoms with Gasteiger partial charge in [0.15, 0.2) is 0 Å². The number of amides is 2. The summed E-state index contributed by atoms with van der Waals surface area (Å²) < 4.78 is 2.36. The van der Waals surface area contributed by atoms with E-state index in [-0.39, 0.29) is 11.3 Å². The number of hydrogen-bond donors (Lipinski definition) is 2. The largest absolute Gasteiger partial charge is 0.346 e. The maximum absolute atomic E-state index is 12.1. The standard InChI is InChI=1S/C22H26N4O4/c1-15-13-17(16(2)25(15)19-8-4-3-5-9-19)11-12-21(27)23-24-22(28)18-7-6-10-20(14-18)26(29)30/h6-7,10-14,19H,3-5,8-9H2,1-2H3,(H,23,27)(H,24,28). The van der Waals surface area contributed by atoms with Gasteiger partial charge in [0.05, 0.1) is 4.92 Å². The summed E-state index contributed by atoms with van der Waals surface area (Å²) >= 11 is 0. The zero-order valence-corrected chi connectivity index (χ0v) is 17.2. The van der Waals surface area contributed by atoms with Crippen LogP contribution in [0.5, 0.6) is 0 Å². The average Bonchev–Trinajstić information content (AvgIpc) is 3.04. The number of aromatic nitrogens is 1. The van der Waals surface area contributed by atoms with Crippen molar-refractivity contribution in [2.45, 2.75) is 52.0 Å². The van der Waals surface area contributed by atoms with Gasteiger partial charge in [-0.1, -0.05) is 25.3 Å². The molecule has 1 fully saturated rings. The van der Waals surface area contributed by atoms with Crippen LogP contribution in [0.3, 0.4) is 0 Å². The number of non-ortho nitro benzene ring substituents is 1. The summed E-state index contributed by atoms with van der Waals surface area (Å²) in [5.74, 6) is -1.12. The van der Waals surface area contributed by atoms with E-state index in [0.29, 0.717) is 6.04 Å². The Morgan fingerprint density at radius 2 is 1.87 bits per heavy atom. The molecule has 1 aliphatic rings. The van der Waals surface area contributed by atoms with E-state index in [1.54, 1.807) is 6.08 Å². The minimum atomic E-state index is -0.629. The third kappa shape index (κ3) is 4.94. The van der Waals surface area contributed by atoms with Crippen LogP contribution in [0.2, 0.25) is 0 Å². The smallest absolute Gasteiger partial charge is 0.270 e. The Labute approximate surface area is 175 Å². The summed E-state index contributed by atoms with van der Waals surface area (Å²) in [6.45, 7) is 4.14. The summed E-state index contributed by atoms with van der Waals surface area (Å²) in [6, 6.07) is 7.87. The molecule has 158 valence electrons. The molecule has 2 N–H and O–H groups in total. The minimum absolute atomic E-state index is 0.0875. The summed E-state index contributed by atoms with van der Waals surface area (Å²) in [7, 11) is 0. The Hall–Kier alpha value is -3.42. The van der Waals surface area contributed by atoms with Crippen LogP contribution in [0.1, 0.15) is 65.5 Å². The molecule has 1 aromatic carbocycles. The SMILES string of the molecule is Cc1cc(C=CC(=O)NNC(=O)c2cccc([N+](=O)[O-])c2)c(C)n1C1CCCCC1. The number of rotatable bonds is 5. The lowest BCUT2D eigenvalue weighted by atomic mass is 9.95. The predicted octanol–water partition coefficient (Wildman–Crippen LogP) is 3.99. The fourth-order valence-electron chi connectivity index (χ4n) is 4.03. The number of carbonyl (C=O) groups is 2. The van der Waals surface area contributed by atoms with E-state index >= 15 is 0 Å². The first-order valence-electron chi connectivity index (χ1n) is 10.1. The van der Waals surface area contributed by atoms with Crippen molar-refractivity contribution in [3.63, 3.8) is 0 Å². The number of nitrogens with one attached hydrogen (secondary N) is 2. The summed E-state index contributed by atoms with van der Waals surface area (Å²) in [6.07, 6.45) is 9.26. The normalized spacial score (nSPS) is 14.6. The highest BCUT2D eigenvalue weighted by Crippen LogP contribution is 2.32. The molecule has 8 nitrogen and oxygen atoms in total. The number of nitro benzene ring substituents is 1. The van der Waals surface area contributed by atoms with Gasteiger partial charge in [-0.3, -0.25) is 30.6 Å². The molecule has 2 aromatic rings. The fourth-order valence-corrected chi connectivity index (χ4v) is 4.03. The van der Waals surface area contributed by atoms with Crippen molar-refractivity contribution in [2.24, 2.45) is 0 Å². The molecule has 3 rings (SSSR count). The van der Waals surface area contributed by atoms with Crippen molar-refractivity contribution in [1.29, 1.82) is 0 Å². The second-order valence-corrected chi connectivity index (χ2v) is 7.57. The van der Waals surface area contributed by atoms with E-state index in [2.05, 4.69) is 35.3 Å². The highest BCUT2D eigenvalue weighted by Gasteiger charge is 2.19. The second-order valence-electron chi connectivity index (χ2n) is 7.57. The molecule has 1 saturated carbocycles. The molecular formula is C22H26N4O4. The van der Waals surface area contributed by atoms with Crippen LogP contribution < -0.4 is 10.9 Å². The van der Waals surface area contributed by atoms with Gasteiger partial charge >= 0.3 is 0 Å². The van der Waals surface area contributed by atoms with Crippen molar-refractivity contribution >= 4 is 23.6 Å². The van der Waals surface area contributed by atoms with Gasteiger partial charge in [0.2, 0.25) is 0 Å². The molecule has 2 amide bonds. The van der Waals surface area contributed by atoms with Crippen molar-refractivity contribution in [1.82, 2.24) is 15.4 Å². The molecule has 0 aliphatic heterocycles. The number of hydrazine groups is 1. The molecule has 0 unspecified atom stereocenters. The van der Waals surface area contributed by atoms with E-state index in [9.17, 15) is 19.7 Å². The van der Waals surface area contributed by atoms with Gasteiger partial charge in [-0.15, -0.1) is 0 Å². The number of benzene rings is 1. The first-order valence-corrected chi connectivity index (χ1v) is 10.1. The zero-order chi connectivity index (χ0) is 21.7. The molecular weight excluding hydrogens is 384 g/mol. The van der Waals surface area contributed by atoms with Gasteiger partial charge in [0, 0.05) is 41.2 Å². The van der Waals surface area contributed by atoms with E-state index in [1.807, 2.05) is 0 Å². The van der Waals surface area contributed by atoms with Crippen LogP contribution in [0, 0.1) is 24.0 Å². The maximum atomic E-state index is 12.1. The van der Waals surface area contributed by atoms with Gasteiger partial charge < -0.3 is 4.57 Å². The van der Waals surface area contributed by atoms with Crippen LogP contribution in [0.15, 0.2) is 36.4 Å². The van der Waals surface area contributed by atoms with Crippen molar-refractivity contribution < 1.29 is 14.5 Å².